The van der Waals surface area contributed by atoms with E-state index in [-0.39, 0.29) is 5.91 Å². The molecule has 0 aliphatic heterocycles. The van der Waals surface area contributed by atoms with E-state index in [0.717, 1.165) is 31.5 Å². The van der Waals surface area contributed by atoms with Gasteiger partial charge in [0, 0.05) is 28.3 Å². The summed E-state index contributed by atoms with van der Waals surface area (Å²) in [5.41, 5.74) is 4.10. The van der Waals surface area contributed by atoms with Gasteiger partial charge in [-0.2, -0.15) is 0 Å². The molecular formula is C24H22ClN3OS2. The molecule has 0 N–H and O–H groups in total. The zero-order valence-electron chi connectivity index (χ0n) is 17.3. The number of amides is 1. The van der Waals surface area contributed by atoms with E-state index in [1.807, 2.05) is 42.5 Å². The fourth-order valence-electron chi connectivity index (χ4n) is 3.20. The number of benzene rings is 2. The molecule has 2 heterocycles. The van der Waals surface area contributed by atoms with Crippen LogP contribution in [0.25, 0.3) is 10.2 Å². The van der Waals surface area contributed by atoms with Gasteiger partial charge < -0.3 is 0 Å². The number of halogens is 1. The molecule has 2 aromatic carbocycles. The van der Waals surface area contributed by atoms with Crippen molar-refractivity contribution in [1.82, 2.24) is 9.97 Å². The summed E-state index contributed by atoms with van der Waals surface area (Å²) in [5.74, 6) is 0.726. The van der Waals surface area contributed by atoms with Crippen LogP contribution in [0.2, 0.25) is 5.02 Å². The number of pyridine rings is 1. The molecule has 2 aromatic heterocycles. The maximum atomic E-state index is 13.3. The number of thiazole rings is 1. The summed E-state index contributed by atoms with van der Waals surface area (Å²) in [6.45, 7) is 4.54. The van der Waals surface area contributed by atoms with Crippen molar-refractivity contribution in [1.29, 1.82) is 0 Å². The Morgan fingerprint density at radius 2 is 1.84 bits per heavy atom. The standard InChI is InChI=1S/C24H22ClN3OS2/c1-16-6-7-17(2)23-22(16)27-24(31-23)28(15-19-5-3-4-13-26-19)21(29)12-14-30-20-10-8-18(25)9-11-20/h3-11,13H,12,14-15H2,1-2H3. The molecule has 0 unspecified atom stereocenters. The molecule has 0 saturated carbocycles. The summed E-state index contributed by atoms with van der Waals surface area (Å²) in [6.07, 6.45) is 2.16. The lowest BCUT2D eigenvalue weighted by molar-refractivity contribution is -0.118. The summed E-state index contributed by atoms with van der Waals surface area (Å²) in [5, 5.41) is 1.43. The fraction of sp³-hybridized carbons (Fsp3) is 0.208. The number of aryl methyl sites for hydroxylation is 2. The molecule has 4 rings (SSSR count). The van der Waals surface area contributed by atoms with E-state index in [1.54, 1.807) is 34.2 Å². The number of rotatable bonds is 7. The minimum absolute atomic E-state index is 0.0430. The Balaban J connectivity index is 1.56. The number of carbonyl (C=O) groups is 1. The number of thioether (sulfide) groups is 1. The van der Waals surface area contributed by atoms with Crippen molar-refractivity contribution >= 4 is 56.0 Å². The van der Waals surface area contributed by atoms with Crippen molar-refractivity contribution in [2.45, 2.75) is 31.7 Å². The normalized spacial score (nSPS) is 11.1. The molecule has 1 amide bonds. The molecule has 0 fully saturated rings. The molecule has 0 spiro atoms. The smallest absolute Gasteiger partial charge is 0.229 e. The molecule has 0 radical (unpaired) electrons. The Labute approximate surface area is 195 Å². The van der Waals surface area contributed by atoms with E-state index in [9.17, 15) is 4.79 Å². The van der Waals surface area contributed by atoms with Gasteiger partial charge in [-0.3, -0.25) is 14.7 Å². The molecule has 4 aromatic rings. The van der Waals surface area contributed by atoms with Crippen LogP contribution in [-0.2, 0) is 11.3 Å². The predicted molar refractivity (Wildman–Crippen MR) is 131 cm³/mol. The first kappa shape index (κ1) is 21.8. The summed E-state index contributed by atoms with van der Waals surface area (Å²) in [7, 11) is 0. The average Bonchev–Trinajstić information content (AvgIpc) is 3.23. The van der Waals surface area contributed by atoms with Gasteiger partial charge in [-0.15, -0.1) is 11.8 Å². The van der Waals surface area contributed by atoms with Crippen molar-refractivity contribution < 1.29 is 4.79 Å². The molecule has 7 heteroatoms. The number of hydrogen-bond acceptors (Lipinski definition) is 5. The number of anilines is 1. The van der Waals surface area contributed by atoms with E-state index in [4.69, 9.17) is 16.6 Å². The minimum atomic E-state index is 0.0430. The Morgan fingerprint density at radius 1 is 1.06 bits per heavy atom. The second-order valence-electron chi connectivity index (χ2n) is 7.23. The lowest BCUT2D eigenvalue weighted by Crippen LogP contribution is -2.30. The Morgan fingerprint density at radius 3 is 2.55 bits per heavy atom. The van der Waals surface area contributed by atoms with Crippen LogP contribution in [0.1, 0.15) is 23.2 Å². The van der Waals surface area contributed by atoms with E-state index in [2.05, 4.69) is 31.0 Å². The van der Waals surface area contributed by atoms with Crippen LogP contribution in [0, 0.1) is 13.8 Å². The number of hydrogen-bond donors (Lipinski definition) is 0. The number of nitrogens with zero attached hydrogens (tertiary/aromatic N) is 3. The Hall–Kier alpha value is -2.41. The molecule has 0 bridgehead atoms. The van der Waals surface area contributed by atoms with Crippen molar-refractivity contribution in [3.8, 4) is 0 Å². The van der Waals surface area contributed by atoms with Crippen molar-refractivity contribution in [2.75, 3.05) is 10.7 Å². The summed E-state index contributed by atoms with van der Waals surface area (Å²) >= 11 is 9.17. The van der Waals surface area contributed by atoms with Crippen LogP contribution in [0.15, 0.2) is 65.7 Å². The zero-order chi connectivity index (χ0) is 21.8. The SMILES string of the molecule is Cc1ccc(C)c2sc(N(Cc3ccccn3)C(=O)CCSc3ccc(Cl)cc3)nc12. The van der Waals surface area contributed by atoms with E-state index in [1.165, 1.54) is 5.56 Å². The topological polar surface area (TPSA) is 46.1 Å². The quantitative estimate of drug-likeness (QED) is 0.284. The van der Waals surface area contributed by atoms with Gasteiger partial charge in [0.2, 0.25) is 5.91 Å². The number of aromatic nitrogens is 2. The summed E-state index contributed by atoms with van der Waals surface area (Å²) in [4.78, 5) is 25.4. The van der Waals surface area contributed by atoms with Crippen LogP contribution < -0.4 is 4.90 Å². The first-order valence-electron chi connectivity index (χ1n) is 9.96. The van der Waals surface area contributed by atoms with Crippen LogP contribution in [-0.4, -0.2) is 21.6 Å². The maximum Gasteiger partial charge on any atom is 0.229 e. The first-order valence-corrected chi connectivity index (χ1v) is 12.1. The third-order valence-electron chi connectivity index (χ3n) is 4.91. The van der Waals surface area contributed by atoms with Gasteiger partial charge in [0.05, 0.1) is 22.5 Å². The highest BCUT2D eigenvalue weighted by atomic mass is 35.5. The van der Waals surface area contributed by atoms with Gasteiger partial charge in [0.1, 0.15) is 0 Å². The third-order valence-corrected chi connectivity index (χ3v) is 7.39. The van der Waals surface area contributed by atoms with Gasteiger partial charge in [-0.25, -0.2) is 4.98 Å². The lowest BCUT2D eigenvalue weighted by Gasteiger charge is -2.19. The predicted octanol–water partition coefficient (Wildman–Crippen LogP) is 6.68. The number of fused-ring (bicyclic) bond motifs is 1. The van der Waals surface area contributed by atoms with Gasteiger partial charge in [0.25, 0.3) is 0 Å². The summed E-state index contributed by atoms with van der Waals surface area (Å²) in [6, 6.07) is 17.6. The van der Waals surface area contributed by atoms with Crippen LogP contribution >= 0.6 is 34.7 Å². The Kier molecular flexibility index (Phi) is 6.90. The van der Waals surface area contributed by atoms with Gasteiger partial charge in [0.15, 0.2) is 5.13 Å². The van der Waals surface area contributed by atoms with Crippen LogP contribution in [0.4, 0.5) is 5.13 Å². The minimum Gasteiger partial charge on any atom is -0.282 e. The fourth-order valence-corrected chi connectivity index (χ4v) is 5.30. The highest BCUT2D eigenvalue weighted by Crippen LogP contribution is 2.34. The highest BCUT2D eigenvalue weighted by Gasteiger charge is 2.21. The van der Waals surface area contributed by atoms with Crippen molar-refractivity contribution in [3.63, 3.8) is 0 Å². The molecule has 0 atom stereocenters. The van der Waals surface area contributed by atoms with Gasteiger partial charge >= 0.3 is 0 Å². The molecular weight excluding hydrogens is 446 g/mol. The molecule has 31 heavy (non-hydrogen) atoms. The van der Waals surface area contributed by atoms with Crippen molar-refractivity contribution in [3.05, 3.63) is 82.6 Å². The van der Waals surface area contributed by atoms with Crippen LogP contribution in [0.3, 0.4) is 0 Å². The highest BCUT2D eigenvalue weighted by molar-refractivity contribution is 7.99. The second kappa shape index (κ2) is 9.81. The molecule has 0 aliphatic rings. The molecule has 4 nitrogen and oxygen atoms in total. The van der Waals surface area contributed by atoms with Gasteiger partial charge in [-0.1, -0.05) is 41.1 Å². The third kappa shape index (κ3) is 5.26. The first-order chi connectivity index (χ1) is 15.0. The Bertz CT molecular complexity index is 1150. The second-order valence-corrected chi connectivity index (χ2v) is 9.81. The summed E-state index contributed by atoms with van der Waals surface area (Å²) < 4.78 is 1.13. The largest absolute Gasteiger partial charge is 0.282 e. The molecule has 158 valence electrons. The van der Waals surface area contributed by atoms with E-state index < -0.39 is 0 Å². The number of carbonyl (C=O) groups excluding carboxylic acids is 1. The molecule has 0 aliphatic carbocycles. The monoisotopic (exact) mass is 467 g/mol. The van der Waals surface area contributed by atoms with E-state index >= 15 is 0 Å². The van der Waals surface area contributed by atoms with E-state index in [0.29, 0.717) is 23.7 Å². The zero-order valence-corrected chi connectivity index (χ0v) is 19.7. The molecule has 0 saturated heterocycles. The van der Waals surface area contributed by atoms with Crippen LogP contribution in [0.5, 0.6) is 0 Å². The van der Waals surface area contributed by atoms with Gasteiger partial charge in [-0.05, 0) is 61.4 Å². The average molecular weight is 468 g/mol. The maximum absolute atomic E-state index is 13.3. The van der Waals surface area contributed by atoms with Crippen molar-refractivity contribution in [2.24, 2.45) is 0 Å². The lowest BCUT2D eigenvalue weighted by atomic mass is 10.1.